The smallest absolute Gasteiger partial charge is 0.378 e. The van der Waals surface area contributed by atoms with Gasteiger partial charge < -0.3 is 19.8 Å². The largest absolute Gasteiger partial charge is 2.00 e. The van der Waals surface area contributed by atoms with E-state index in [9.17, 15) is 9.59 Å². The number of aromatic nitrogens is 2. The molecule has 37 heavy (non-hydrogen) atoms. The van der Waals surface area contributed by atoms with Crippen LogP contribution in [0, 0.1) is 12.1 Å². The van der Waals surface area contributed by atoms with Gasteiger partial charge in [-0.2, -0.15) is 0 Å². The normalized spacial score (nSPS) is 9.89. The van der Waals surface area contributed by atoms with Gasteiger partial charge in [-0.3, -0.25) is 9.59 Å². The van der Waals surface area contributed by atoms with Gasteiger partial charge in [0.1, 0.15) is 11.6 Å². The fraction of sp³-hybridized carbons (Fsp3) is 0.200. The van der Waals surface area contributed by atoms with Crippen molar-refractivity contribution in [2.45, 2.75) is 13.8 Å². The summed E-state index contributed by atoms with van der Waals surface area (Å²) in [6.07, 6.45) is 3.53. The van der Waals surface area contributed by atoms with Crippen LogP contribution in [0.3, 0.4) is 0 Å². The Morgan fingerprint density at radius 3 is 1.35 bits per heavy atom. The predicted octanol–water partition coefficient (Wildman–Crippen LogP) is 5.63. The molecule has 0 aliphatic heterocycles. The van der Waals surface area contributed by atoms with E-state index in [0.717, 1.165) is 33.9 Å². The van der Waals surface area contributed by atoms with Crippen LogP contribution in [0.25, 0.3) is 22.5 Å². The van der Waals surface area contributed by atoms with Gasteiger partial charge in [0.2, 0.25) is 0 Å². The summed E-state index contributed by atoms with van der Waals surface area (Å²) in [5, 5.41) is 0. The van der Waals surface area contributed by atoms with Gasteiger partial charge in [0.05, 0.1) is 0 Å². The second-order valence-electron chi connectivity index (χ2n) is 8.68. The molecule has 4 aromatic rings. The molecule has 2 aromatic heterocycles. The number of pyridine rings is 2. The van der Waals surface area contributed by atoms with Crippen molar-refractivity contribution in [3.8, 4) is 22.5 Å². The minimum Gasteiger partial charge on any atom is -0.378 e. The van der Waals surface area contributed by atoms with Crippen molar-refractivity contribution in [2.24, 2.45) is 0 Å². The molecule has 0 unspecified atom stereocenters. The maximum absolute atomic E-state index is 11.4. The monoisotopic (exact) mass is 673 g/mol. The van der Waals surface area contributed by atoms with Gasteiger partial charge >= 0.3 is 21.1 Å². The molecule has 192 valence electrons. The molecule has 0 bridgehead atoms. The molecule has 2 heterocycles. The molecule has 0 N–H and O–H groups in total. The summed E-state index contributed by atoms with van der Waals surface area (Å²) in [5.74, 6) is 0.100. The summed E-state index contributed by atoms with van der Waals surface area (Å²) in [6.45, 7) is 3.12. The fourth-order valence-electron chi connectivity index (χ4n) is 3.36. The average molecular weight is 674 g/mol. The molecule has 6 nitrogen and oxygen atoms in total. The van der Waals surface area contributed by atoms with Gasteiger partial charge in [-0.25, -0.2) is 0 Å². The summed E-state index contributed by atoms with van der Waals surface area (Å²) < 4.78 is 0. The van der Waals surface area contributed by atoms with Crippen LogP contribution in [0.2, 0.25) is 0 Å². The van der Waals surface area contributed by atoms with E-state index in [1.807, 2.05) is 74.4 Å². The Morgan fingerprint density at radius 2 is 1.03 bits per heavy atom. The standard InChI is InChI=1S/2C15H15N2O.Pt/c2*1-11(18)12-5-4-6-13(9-12)15-10-14(17(2)3)7-8-16-15;/h2*4-5,7-10H,1-3H3;/q2*-1;+2. The molecule has 0 saturated carbocycles. The van der Waals surface area contributed by atoms with Crippen molar-refractivity contribution in [1.29, 1.82) is 0 Å². The minimum atomic E-state index is 0. The third kappa shape index (κ3) is 8.19. The number of anilines is 2. The topological polar surface area (TPSA) is 66.4 Å². The van der Waals surface area contributed by atoms with E-state index in [1.165, 1.54) is 0 Å². The van der Waals surface area contributed by atoms with Crippen LogP contribution in [0.4, 0.5) is 11.4 Å². The Balaban J connectivity index is 0.000000253. The first kappa shape index (κ1) is 29.6. The number of ketones is 2. The number of benzene rings is 2. The first-order chi connectivity index (χ1) is 17.2. The zero-order valence-electron chi connectivity index (χ0n) is 21.8. The van der Waals surface area contributed by atoms with E-state index in [-0.39, 0.29) is 32.6 Å². The third-order valence-electron chi connectivity index (χ3n) is 5.49. The molecule has 0 spiro atoms. The Kier molecular flexibility index (Phi) is 10.9. The van der Waals surface area contributed by atoms with Crippen molar-refractivity contribution in [2.75, 3.05) is 38.0 Å². The predicted molar refractivity (Wildman–Crippen MR) is 146 cm³/mol. The first-order valence-corrected chi connectivity index (χ1v) is 11.5. The van der Waals surface area contributed by atoms with Crippen LogP contribution in [0.15, 0.2) is 73.1 Å². The van der Waals surface area contributed by atoms with Gasteiger partial charge in [-0.1, -0.05) is 23.3 Å². The van der Waals surface area contributed by atoms with Crippen LogP contribution in [-0.4, -0.2) is 49.7 Å². The number of Topliss-reactive ketones (excluding diaryl/α,β-unsaturated/α-hetero) is 2. The molecule has 0 atom stereocenters. The molecular formula is C30H30N4O2Pt. The molecule has 0 saturated heterocycles. The zero-order valence-corrected chi connectivity index (χ0v) is 24.1. The number of carbonyl (C=O) groups is 2. The Bertz CT molecular complexity index is 1260. The zero-order chi connectivity index (χ0) is 26.2. The first-order valence-electron chi connectivity index (χ1n) is 11.5. The van der Waals surface area contributed by atoms with Gasteiger partial charge in [0.25, 0.3) is 0 Å². The quantitative estimate of drug-likeness (QED) is 0.195. The van der Waals surface area contributed by atoms with Crippen LogP contribution in [0.5, 0.6) is 0 Å². The van der Waals surface area contributed by atoms with E-state index in [1.54, 1.807) is 50.5 Å². The minimum absolute atomic E-state index is 0. The SMILES string of the molecule is CC(=O)c1cc[c-]c(-c2cc(N(C)C)ccn2)c1.CC(=O)c1cc[c-]c(-c2cc(N(C)C)ccn2)c1.[Pt+2]. The second-order valence-corrected chi connectivity index (χ2v) is 8.68. The van der Waals surface area contributed by atoms with E-state index in [0.29, 0.717) is 11.1 Å². The van der Waals surface area contributed by atoms with Crippen molar-refractivity contribution >= 4 is 22.9 Å². The molecule has 0 amide bonds. The van der Waals surface area contributed by atoms with Gasteiger partial charge in [-0.05, 0) is 37.4 Å². The summed E-state index contributed by atoms with van der Waals surface area (Å²) in [5.41, 5.74) is 6.83. The Hall–Kier alpha value is -3.63. The maximum Gasteiger partial charge on any atom is 2.00 e. The summed E-state index contributed by atoms with van der Waals surface area (Å²) in [6, 6.07) is 24.8. The van der Waals surface area contributed by atoms with Crippen molar-refractivity contribution < 1.29 is 30.7 Å². The molecular weight excluding hydrogens is 643 g/mol. The van der Waals surface area contributed by atoms with Gasteiger partial charge in [0, 0.05) is 52.0 Å². The number of rotatable bonds is 6. The van der Waals surface area contributed by atoms with E-state index >= 15 is 0 Å². The van der Waals surface area contributed by atoms with E-state index in [4.69, 9.17) is 0 Å². The number of carbonyl (C=O) groups excluding carboxylic acids is 2. The number of hydrogen-bond acceptors (Lipinski definition) is 6. The maximum atomic E-state index is 11.4. The van der Waals surface area contributed by atoms with E-state index in [2.05, 4.69) is 22.1 Å². The van der Waals surface area contributed by atoms with Crippen molar-refractivity contribution in [1.82, 2.24) is 9.97 Å². The third-order valence-corrected chi connectivity index (χ3v) is 5.49. The molecule has 0 aliphatic rings. The number of hydrogen-bond donors (Lipinski definition) is 0. The molecule has 4 rings (SSSR count). The summed E-state index contributed by atoms with van der Waals surface area (Å²) >= 11 is 0. The van der Waals surface area contributed by atoms with Crippen LogP contribution >= 0.6 is 0 Å². The molecule has 0 aliphatic carbocycles. The molecule has 7 heteroatoms. The molecule has 2 aromatic carbocycles. The Labute approximate surface area is 233 Å². The molecule has 0 fully saturated rings. The van der Waals surface area contributed by atoms with Gasteiger partial charge in [0.15, 0.2) is 0 Å². The summed E-state index contributed by atoms with van der Waals surface area (Å²) in [7, 11) is 7.92. The number of nitrogens with zero attached hydrogens (tertiary/aromatic N) is 4. The van der Waals surface area contributed by atoms with Crippen LogP contribution < -0.4 is 9.80 Å². The second kappa shape index (κ2) is 13.6. The van der Waals surface area contributed by atoms with Gasteiger partial charge in [-0.15, -0.1) is 59.7 Å². The van der Waals surface area contributed by atoms with E-state index < -0.39 is 0 Å². The molecule has 0 radical (unpaired) electrons. The fourth-order valence-corrected chi connectivity index (χ4v) is 3.36. The Morgan fingerprint density at radius 1 is 0.649 bits per heavy atom. The summed E-state index contributed by atoms with van der Waals surface area (Å²) in [4.78, 5) is 35.4. The average Bonchev–Trinajstić information content (AvgIpc) is 2.89. The van der Waals surface area contributed by atoms with Crippen LogP contribution in [-0.2, 0) is 21.1 Å². The van der Waals surface area contributed by atoms with Crippen LogP contribution in [0.1, 0.15) is 34.6 Å². The van der Waals surface area contributed by atoms with Crippen molar-refractivity contribution in [3.63, 3.8) is 0 Å². The van der Waals surface area contributed by atoms with Crippen molar-refractivity contribution in [3.05, 3.63) is 96.3 Å².